The number of aromatic amines is 1. The Morgan fingerprint density at radius 2 is 2.40 bits per heavy atom. The smallest absolute Gasteiger partial charge is 0.276 e. The van der Waals surface area contributed by atoms with Crippen LogP contribution in [-0.2, 0) is 4.79 Å². The Kier molecular flexibility index (Phi) is 3.67. The highest BCUT2D eigenvalue weighted by Crippen LogP contribution is 2.06. The molecule has 0 aliphatic heterocycles. The summed E-state index contributed by atoms with van der Waals surface area (Å²) in [5, 5.41) is 5.28. The number of aromatic nitrogens is 2. The van der Waals surface area contributed by atoms with Gasteiger partial charge in [-0.05, 0) is 0 Å². The van der Waals surface area contributed by atoms with Crippen molar-refractivity contribution >= 4 is 17.4 Å². The third kappa shape index (κ3) is 2.97. The molecule has 0 saturated heterocycles. The van der Waals surface area contributed by atoms with Gasteiger partial charge in [0.2, 0.25) is 5.91 Å². The van der Waals surface area contributed by atoms with E-state index in [0.717, 1.165) is 0 Å². The Morgan fingerprint density at radius 1 is 1.67 bits per heavy atom. The Labute approximate surface area is 86.1 Å². The monoisotopic (exact) mass is 211 g/mol. The Hall–Kier alpha value is -2.05. The summed E-state index contributed by atoms with van der Waals surface area (Å²) in [6.45, 7) is 0.375. The molecule has 0 bridgehead atoms. The van der Waals surface area contributed by atoms with E-state index in [0.29, 0.717) is 18.8 Å². The molecule has 0 fully saturated rings. The number of nitrogens with one attached hydrogen (secondary N) is 3. The van der Waals surface area contributed by atoms with Gasteiger partial charge in [-0.1, -0.05) is 0 Å². The number of hydrogen-bond donors (Lipinski definition) is 4. The summed E-state index contributed by atoms with van der Waals surface area (Å²) >= 11 is 0. The Bertz CT molecular complexity index is 400. The minimum atomic E-state index is -0.396. The van der Waals surface area contributed by atoms with E-state index in [1.165, 1.54) is 6.33 Å². The summed E-state index contributed by atoms with van der Waals surface area (Å²) < 4.78 is 0. The maximum Gasteiger partial charge on any atom is 0.276 e. The fourth-order valence-corrected chi connectivity index (χ4v) is 0.971. The maximum atomic E-state index is 11.1. The second kappa shape index (κ2) is 4.99. The number of nitrogens with two attached hydrogens (primary N) is 1. The second-order valence-corrected chi connectivity index (χ2v) is 2.84. The van der Waals surface area contributed by atoms with E-state index in [1.807, 2.05) is 0 Å². The third-order valence-corrected chi connectivity index (χ3v) is 1.81. The van der Waals surface area contributed by atoms with E-state index in [4.69, 9.17) is 5.73 Å². The number of nitrogens with zero attached hydrogens (tertiary/aromatic N) is 1. The van der Waals surface area contributed by atoms with Gasteiger partial charge in [-0.15, -0.1) is 0 Å². The molecular weight excluding hydrogens is 198 g/mol. The van der Waals surface area contributed by atoms with Gasteiger partial charge in [0.1, 0.15) is 5.69 Å². The van der Waals surface area contributed by atoms with Crippen LogP contribution in [0.5, 0.6) is 0 Å². The molecule has 1 rings (SSSR count). The van der Waals surface area contributed by atoms with E-state index in [9.17, 15) is 9.59 Å². The highest BCUT2D eigenvalue weighted by Gasteiger charge is 2.04. The van der Waals surface area contributed by atoms with Crippen molar-refractivity contribution in [2.75, 3.05) is 24.6 Å². The highest BCUT2D eigenvalue weighted by molar-refractivity contribution is 5.76. The quantitative estimate of drug-likeness (QED) is 0.505. The number of H-pyrrole nitrogens is 1. The van der Waals surface area contributed by atoms with Gasteiger partial charge >= 0.3 is 0 Å². The minimum Gasteiger partial charge on any atom is -0.391 e. The zero-order valence-electron chi connectivity index (χ0n) is 8.33. The number of hydrogen-bond acceptors (Lipinski definition) is 5. The van der Waals surface area contributed by atoms with Crippen molar-refractivity contribution in [3.05, 3.63) is 16.7 Å². The number of nitrogen functional groups attached to an aromatic ring is 1. The number of carbonyl (C=O) groups is 1. The van der Waals surface area contributed by atoms with Crippen molar-refractivity contribution in [3.63, 3.8) is 0 Å². The summed E-state index contributed by atoms with van der Waals surface area (Å²) in [7, 11) is 1.56. The molecule has 0 aromatic carbocycles. The normalized spacial score (nSPS) is 9.67. The molecule has 0 aliphatic carbocycles. The van der Waals surface area contributed by atoms with Crippen LogP contribution in [0.4, 0.5) is 11.5 Å². The molecule has 1 amide bonds. The summed E-state index contributed by atoms with van der Waals surface area (Å²) in [5.41, 5.74) is 5.09. The predicted molar refractivity (Wildman–Crippen MR) is 56.4 cm³/mol. The molecular formula is C8H13N5O2. The lowest BCUT2D eigenvalue weighted by atomic mass is 10.4. The first kappa shape index (κ1) is 11.0. The van der Waals surface area contributed by atoms with Gasteiger partial charge in [-0.2, -0.15) is 0 Å². The van der Waals surface area contributed by atoms with Gasteiger partial charge in [0.15, 0.2) is 5.82 Å². The zero-order valence-corrected chi connectivity index (χ0v) is 8.33. The van der Waals surface area contributed by atoms with Gasteiger partial charge in [0.25, 0.3) is 5.56 Å². The van der Waals surface area contributed by atoms with Crippen LogP contribution in [0.2, 0.25) is 0 Å². The molecule has 0 spiro atoms. The van der Waals surface area contributed by atoms with Gasteiger partial charge in [-0.25, -0.2) is 4.98 Å². The highest BCUT2D eigenvalue weighted by atomic mass is 16.1. The van der Waals surface area contributed by atoms with Crippen molar-refractivity contribution in [2.24, 2.45) is 0 Å². The molecule has 0 radical (unpaired) electrons. The van der Waals surface area contributed by atoms with E-state index in [2.05, 4.69) is 20.6 Å². The minimum absolute atomic E-state index is 0.0226. The van der Waals surface area contributed by atoms with Crippen LogP contribution in [-0.4, -0.2) is 29.5 Å². The molecule has 82 valence electrons. The maximum absolute atomic E-state index is 11.1. The summed E-state index contributed by atoms with van der Waals surface area (Å²) in [6, 6.07) is 0. The molecule has 0 aliphatic rings. The van der Waals surface area contributed by atoms with Gasteiger partial charge in [0.05, 0.1) is 6.33 Å². The first-order valence-corrected chi connectivity index (χ1v) is 4.42. The third-order valence-electron chi connectivity index (χ3n) is 1.81. The number of rotatable bonds is 4. The summed E-state index contributed by atoms with van der Waals surface area (Å²) in [4.78, 5) is 28.1. The van der Waals surface area contributed by atoms with Crippen LogP contribution in [0, 0.1) is 0 Å². The van der Waals surface area contributed by atoms with Crippen molar-refractivity contribution in [2.45, 2.75) is 6.42 Å². The van der Waals surface area contributed by atoms with Crippen LogP contribution in [0.3, 0.4) is 0 Å². The molecule has 7 heteroatoms. The standard InChI is InChI=1S/C8H13N5O2/c1-10-5(14)2-3-11-7-6(9)8(15)13-4-12-7/h4H,2-3,9H2,1H3,(H,10,14)(H2,11,12,13,15). The van der Waals surface area contributed by atoms with Crippen LogP contribution in [0.25, 0.3) is 0 Å². The predicted octanol–water partition coefficient (Wildman–Crippen LogP) is -1.10. The summed E-state index contributed by atoms with van der Waals surface area (Å²) in [6.07, 6.45) is 1.55. The topological polar surface area (TPSA) is 113 Å². The molecule has 0 saturated carbocycles. The first-order chi connectivity index (χ1) is 7.15. The lowest BCUT2D eigenvalue weighted by Crippen LogP contribution is -2.22. The number of carbonyl (C=O) groups excluding carboxylic acids is 1. The van der Waals surface area contributed by atoms with Crippen molar-refractivity contribution < 1.29 is 4.79 Å². The molecule has 15 heavy (non-hydrogen) atoms. The van der Waals surface area contributed by atoms with E-state index >= 15 is 0 Å². The average Bonchev–Trinajstić information content (AvgIpc) is 2.24. The molecule has 1 heterocycles. The largest absolute Gasteiger partial charge is 0.391 e. The van der Waals surface area contributed by atoms with E-state index in [-0.39, 0.29) is 11.6 Å². The SMILES string of the molecule is CNC(=O)CCNc1nc[nH]c(=O)c1N. The molecule has 7 nitrogen and oxygen atoms in total. The van der Waals surface area contributed by atoms with Crippen LogP contribution in [0.15, 0.2) is 11.1 Å². The van der Waals surface area contributed by atoms with E-state index < -0.39 is 5.56 Å². The van der Waals surface area contributed by atoms with Gasteiger partial charge in [0, 0.05) is 20.0 Å². The molecule has 5 N–H and O–H groups in total. The van der Waals surface area contributed by atoms with Crippen molar-refractivity contribution in [3.8, 4) is 0 Å². The lowest BCUT2D eigenvalue weighted by Gasteiger charge is -2.05. The van der Waals surface area contributed by atoms with Crippen LogP contribution < -0.4 is 21.9 Å². The molecule has 0 atom stereocenters. The second-order valence-electron chi connectivity index (χ2n) is 2.84. The average molecular weight is 211 g/mol. The summed E-state index contributed by atoms with van der Waals surface area (Å²) in [5.74, 6) is 0.202. The van der Waals surface area contributed by atoms with Crippen LogP contribution >= 0.6 is 0 Å². The Morgan fingerprint density at radius 3 is 3.07 bits per heavy atom. The number of anilines is 2. The van der Waals surface area contributed by atoms with Gasteiger partial charge < -0.3 is 21.4 Å². The van der Waals surface area contributed by atoms with E-state index in [1.54, 1.807) is 7.05 Å². The molecule has 0 unspecified atom stereocenters. The van der Waals surface area contributed by atoms with Crippen LogP contribution in [0.1, 0.15) is 6.42 Å². The first-order valence-electron chi connectivity index (χ1n) is 4.42. The molecule has 1 aromatic rings. The Balaban J connectivity index is 2.55. The fourth-order valence-electron chi connectivity index (χ4n) is 0.971. The number of amides is 1. The van der Waals surface area contributed by atoms with Gasteiger partial charge in [-0.3, -0.25) is 9.59 Å². The zero-order chi connectivity index (χ0) is 11.3. The van der Waals surface area contributed by atoms with Crippen molar-refractivity contribution in [1.82, 2.24) is 15.3 Å². The fraction of sp³-hybridized carbons (Fsp3) is 0.375. The van der Waals surface area contributed by atoms with Crippen molar-refractivity contribution in [1.29, 1.82) is 0 Å². The lowest BCUT2D eigenvalue weighted by molar-refractivity contribution is -0.120. The molecule has 1 aromatic heterocycles.